The van der Waals surface area contributed by atoms with Crippen LogP contribution < -0.4 is 10.6 Å². The van der Waals surface area contributed by atoms with E-state index >= 15 is 0 Å². The molecule has 1 aromatic carbocycles. The molecule has 0 bridgehead atoms. The van der Waals surface area contributed by atoms with E-state index in [1.165, 1.54) is 5.56 Å². The zero-order valence-corrected chi connectivity index (χ0v) is 12.4. The fraction of sp³-hybridized carbons (Fsp3) is 0.375. The molecular weight excluding hydrogens is 266 g/mol. The van der Waals surface area contributed by atoms with E-state index in [0.29, 0.717) is 0 Å². The summed E-state index contributed by atoms with van der Waals surface area (Å²) < 4.78 is 5.16. The third-order valence-electron chi connectivity index (χ3n) is 3.97. The molecule has 2 atom stereocenters. The number of aryl methyl sites for hydroxylation is 2. The summed E-state index contributed by atoms with van der Waals surface area (Å²) in [5.74, 6) is 0.752. The fourth-order valence-electron chi connectivity index (χ4n) is 2.95. The summed E-state index contributed by atoms with van der Waals surface area (Å²) in [4.78, 5) is 12.4. The Bertz CT molecular complexity index is 633. The number of carbonyl (C=O) groups is 1. The van der Waals surface area contributed by atoms with Gasteiger partial charge in [0.25, 0.3) is 0 Å². The number of hydrogen-bond acceptors (Lipinski definition) is 4. The van der Waals surface area contributed by atoms with Crippen molar-refractivity contribution in [2.75, 3.05) is 5.32 Å². The van der Waals surface area contributed by atoms with Crippen molar-refractivity contribution in [3.63, 3.8) is 0 Å². The van der Waals surface area contributed by atoms with Crippen LogP contribution in [0.5, 0.6) is 0 Å². The zero-order valence-electron chi connectivity index (χ0n) is 12.4. The predicted molar refractivity (Wildman–Crippen MR) is 80.1 cm³/mol. The van der Waals surface area contributed by atoms with Gasteiger partial charge in [0.1, 0.15) is 11.8 Å². The Hall–Kier alpha value is -2.30. The number of anilines is 1. The topological polar surface area (TPSA) is 67.2 Å². The number of para-hydroxylation sites is 1. The predicted octanol–water partition coefficient (Wildman–Crippen LogP) is 2.51. The first-order valence-electron chi connectivity index (χ1n) is 7.14. The second-order valence-corrected chi connectivity index (χ2v) is 5.53. The van der Waals surface area contributed by atoms with Gasteiger partial charge in [0.15, 0.2) is 0 Å². The molecule has 0 spiro atoms. The maximum absolute atomic E-state index is 12.4. The highest BCUT2D eigenvalue weighted by Gasteiger charge is 2.28. The van der Waals surface area contributed by atoms with Crippen LogP contribution in [0, 0.1) is 13.8 Å². The molecule has 1 amide bonds. The van der Waals surface area contributed by atoms with Crippen molar-refractivity contribution < 1.29 is 9.32 Å². The number of carbonyl (C=O) groups excluding carboxylic acids is 1. The summed E-state index contributed by atoms with van der Waals surface area (Å²) in [6, 6.07) is 7.68. The average molecular weight is 285 g/mol. The molecule has 0 fully saturated rings. The van der Waals surface area contributed by atoms with E-state index in [9.17, 15) is 4.79 Å². The van der Waals surface area contributed by atoms with Crippen LogP contribution in [0.2, 0.25) is 0 Å². The number of nitrogens with zero attached hydrogens (tertiary/aromatic N) is 1. The molecule has 1 unspecified atom stereocenters. The van der Waals surface area contributed by atoms with E-state index in [1.807, 2.05) is 45.0 Å². The molecule has 5 heteroatoms. The van der Waals surface area contributed by atoms with E-state index in [1.54, 1.807) is 0 Å². The monoisotopic (exact) mass is 285 g/mol. The van der Waals surface area contributed by atoms with E-state index in [0.717, 1.165) is 29.1 Å². The van der Waals surface area contributed by atoms with Crippen LogP contribution in [0.3, 0.4) is 0 Å². The van der Waals surface area contributed by atoms with Crippen molar-refractivity contribution in [1.29, 1.82) is 0 Å². The Balaban J connectivity index is 1.68. The molecule has 21 heavy (non-hydrogen) atoms. The maximum Gasteiger partial charge on any atom is 0.243 e. The van der Waals surface area contributed by atoms with Gasteiger partial charge in [-0.15, -0.1) is 0 Å². The van der Waals surface area contributed by atoms with Gasteiger partial charge in [0.05, 0.1) is 11.7 Å². The van der Waals surface area contributed by atoms with Crippen LogP contribution in [0.1, 0.15) is 35.5 Å². The van der Waals surface area contributed by atoms with Crippen LogP contribution in [-0.4, -0.2) is 17.1 Å². The maximum atomic E-state index is 12.4. The molecule has 3 rings (SSSR count). The lowest BCUT2D eigenvalue weighted by Crippen LogP contribution is -2.39. The molecule has 0 saturated carbocycles. The molecule has 1 aliphatic heterocycles. The Morgan fingerprint density at radius 2 is 2.19 bits per heavy atom. The molecule has 2 heterocycles. The molecule has 0 aliphatic carbocycles. The first kappa shape index (κ1) is 13.7. The second kappa shape index (κ2) is 5.24. The number of aromatic nitrogens is 1. The van der Waals surface area contributed by atoms with Crippen molar-refractivity contribution in [3.8, 4) is 0 Å². The Kier molecular flexibility index (Phi) is 3.41. The van der Waals surface area contributed by atoms with Gasteiger partial charge < -0.3 is 15.2 Å². The number of rotatable bonds is 3. The highest BCUT2D eigenvalue weighted by Crippen LogP contribution is 2.26. The smallest absolute Gasteiger partial charge is 0.243 e. The third kappa shape index (κ3) is 2.51. The van der Waals surface area contributed by atoms with E-state index in [-0.39, 0.29) is 18.0 Å². The lowest BCUT2D eigenvalue weighted by atomic mass is 10.1. The van der Waals surface area contributed by atoms with E-state index in [4.69, 9.17) is 4.52 Å². The largest absolute Gasteiger partial charge is 0.373 e. The van der Waals surface area contributed by atoms with Gasteiger partial charge in [-0.05, 0) is 32.4 Å². The normalized spacial score (nSPS) is 18.0. The Morgan fingerprint density at radius 1 is 1.43 bits per heavy atom. The van der Waals surface area contributed by atoms with Gasteiger partial charge in [-0.3, -0.25) is 4.79 Å². The quantitative estimate of drug-likeness (QED) is 0.909. The minimum Gasteiger partial charge on any atom is -0.373 e. The first-order valence-corrected chi connectivity index (χ1v) is 7.14. The summed E-state index contributed by atoms with van der Waals surface area (Å²) in [7, 11) is 0. The number of nitrogens with one attached hydrogen (secondary N) is 2. The summed E-state index contributed by atoms with van der Waals surface area (Å²) >= 11 is 0. The molecule has 5 nitrogen and oxygen atoms in total. The first-order chi connectivity index (χ1) is 10.1. The Morgan fingerprint density at radius 3 is 2.86 bits per heavy atom. The van der Waals surface area contributed by atoms with Crippen molar-refractivity contribution >= 4 is 11.6 Å². The van der Waals surface area contributed by atoms with Crippen LogP contribution >= 0.6 is 0 Å². The lowest BCUT2D eigenvalue weighted by molar-refractivity contribution is -0.122. The molecule has 2 aromatic rings. The van der Waals surface area contributed by atoms with Crippen molar-refractivity contribution in [1.82, 2.24) is 10.5 Å². The minimum atomic E-state index is -0.217. The highest BCUT2D eigenvalue weighted by atomic mass is 16.5. The summed E-state index contributed by atoms with van der Waals surface area (Å²) in [5, 5.41) is 10.2. The van der Waals surface area contributed by atoms with Gasteiger partial charge in [-0.25, -0.2) is 0 Å². The van der Waals surface area contributed by atoms with Crippen LogP contribution in [0.25, 0.3) is 0 Å². The Labute approximate surface area is 123 Å². The van der Waals surface area contributed by atoms with E-state index in [2.05, 4.69) is 15.8 Å². The van der Waals surface area contributed by atoms with Gasteiger partial charge >= 0.3 is 0 Å². The highest BCUT2D eigenvalue weighted by molar-refractivity contribution is 5.87. The standard InChI is InChI=1S/C16H19N3O2/c1-9(15-10(2)19-21-11(15)3)17-16(20)14-8-12-6-4-5-7-13(12)18-14/h4-7,9,14,18H,8H2,1-3H3,(H,17,20)/t9?,14-/m0/s1. The van der Waals surface area contributed by atoms with E-state index < -0.39 is 0 Å². The number of hydrogen-bond donors (Lipinski definition) is 2. The molecule has 1 aliphatic rings. The third-order valence-corrected chi connectivity index (χ3v) is 3.97. The lowest BCUT2D eigenvalue weighted by Gasteiger charge is -2.17. The molecule has 0 radical (unpaired) electrons. The summed E-state index contributed by atoms with van der Waals surface area (Å²) in [6.45, 7) is 5.70. The molecule has 110 valence electrons. The van der Waals surface area contributed by atoms with Crippen molar-refractivity contribution in [3.05, 3.63) is 46.8 Å². The SMILES string of the molecule is Cc1noc(C)c1C(C)NC(=O)[C@@H]1Cc2ccccc2N1. The van der Waals surface area contributed by atoms with Gasteiger partial charge in [-0.2, -0.15) is 0 Å². The molecule has 0 saturated heterocycles. The van der Waals surface area contributed by atoms with Gasteiger partial charge in [-0.1, -0.05) is 23.4 Å². The van der Waals surface area contributed by atoms with Crippen molar-refractivity contribution in [2.45, 2.75) is 39.3 Å². The van der Waals surface area contributed by atoms with Gasteiger partial charge in [0.2, 0.25) is 5.91 Å². The minimum absolute atomic E-state index is 0.00120. The summed E-state index contributed by atoms with van der Waals surface area (Å²) in [5.41, 5.74) is 4.01. The van der Waals surface area contributed by atoms with Gasteiger partial charge in [0, 0.05) is 17.7 Å². The number of amides is 1. The molecular formula is C16H19N3O2. The van der Waals surface area contributed by atoms with Crippen LogP contribution in [0.4, 0.5) is 5.69 Å². The van der Waals surface area contributed by atoms with Crippen LogP contribution in [-0.2, 0) is 11.2 Å². The molecule has 1 aromatic heterocycles. The number of benzene rings is 1. The second-order valence-electron chi connectivity index (χ2n) is 5.53. The van der Waals surface area contributed by atoms with Crippen molar-refractivity contribution in [2.24, 2.45) is 0 Å². The van der Waals surface area contributed by atoms with Crippen LogP contribution in [0.15, 0.2) is 28.8 Å². The fourth-order valence-corrected chi connectivity index (χ4v) is 2.95. The number of fused-ring (bicyclic) bond motifs is 1. The average Bonchev–Trinajstić information content (AvgIpc) is 3.02. The zero-order chi connectivity index (χ0) is 15.0. The summed E-state index contributed by atoms with van der Waals surface area (Å²) in [6.07, 6.45) is 0.719. The molecule has 2 N–H and O–H groups in total.